The molecule has 0 unspecified atom stereocenters. The Labute approximate surface area is 153 Å². The van der Waals surface area contributed by atoms with Crippen LogP contribution in [0.5, 0.6) is 0 Å². The van der Waals surface area contributed by atoms with Crippen molar-refractivity contribution in [2.24, 2.45) is 7.05 Å². The maximum Gasteiger partial charge on any atom is 0.224 e. The predicted octanol–water partition coefficient (Wildman–Crippen LogP) is 4.06. The molecular weight excluding hydrogens is 425 g/mol. The third kappa shape index (κ3) is 3.81. The molecule has 0 saturated heterocycles. The molecule has 7 heteroatoms. The summed E-state index contributed by atoms with van der Waals surface area (Å²) in [5, 5.41) is 3.52. The van der Waals surface area contributed by atoms with Gasteiger partial charge in [0, 0.05) is 31.5 Å². The number of imidazole rings is 1. The lowest BCUT2D eigenvalue weighted by Gasteiger charge is -2.08. The fourth-order valence-electron chi connectivity index (χ4n) is 2.15. The average Bonchev–Trinajstić information content (AvgIpc) is 2.88. The van der Waals surface area contributed by atoms with Crippen molar-refractivity contribution < 1.29 is 0 Å². The lowest BCUT2D eigenvalue weighted by atomic mass is 10.1. The first kappa shape index (κ1) is 16.2. The van der Waals surface area contributed by atoms with Crippen molar-refractivity contribution in [1.29, 1.82) is 0 Å². The molecule has 0 aliphatic carbocycles. The van der Waals surface area contributed by atoms with E-state index in [-0.39, 0.29) is 5.28 Å². The lowest BCUT2D eigenvalue weighted by molar-refractivity contribution is 0.858. The molecule has 0 fully saturated rings. The van der Waals surface area contributed by atoms with Gasteiger partial charge in [-0.3, -0.25) is 0 Å². The number of benzene rings is 1. The summed E-state index contributed by atoms with van der Waals surface area (Å²) in [5.74, 6) is 1.75. The molecule has 1 aromatic carbocycles. The van der Waals surface area contributed by atoms with E-state index < -0.39 is 0 Å². The van der Waals surface area contributed by atoms with Crippen LogP contribution in [0.25, 0.3) is 11.3 Å². The van der Waals surface area contributed by atoms with E-state index in [0.29, 0.717) is 6.54 Å². The zero-order chi connectivity index (χ0) is 16.4. The summed E-state index contributed by atoms with van der Waals surface area (Å²) in [4.78, 5) is 12.7. The highest BCUT2D eigenvalue weighted by atomic mass is 127. The maximum atomic E-state index is 5.83. The topological polar surface area (TPSA) is 55.6 Å². The van der Waals surface area contributed by atoms with Crippen LogP contribution >= 0.6 is 34.2 Å². The minimum atomic E-state index is 0.244. The van der Waals surface area contributed by atoms with Crippen LogP contribution in [0.15, 0.2) is 36.7 Å². The molecule has 23 heavy (non-hydrogen) atoms. The molecule has 118 valence electrons. The van der Waals surface area contributed by atoms with Gasteiger partial charge in [-0.1, -0.05) is 24.3 Å². The van der Waals surface area contributed by atoms with Crippen LogP contribution in [0.3, 0.4) is 0 Å². The van der Waals surface area contributed by atoms with Crippen molar-refractivity contribution in [2.75, 3.05) is 5.32 Å². The molecule has 3 rings (SSSR count). The molecule has 0 radical (unpaired) electrons. The molecule has 0 aliphatic heterocycles. The third-order valence-corrected chi connectivity index (χ3v) is 4.50. The second kappa shape index (κ2) is 6.84. The van der Waals surface area contributed by atoms with E-state index in [2.05, 4.69) is 67.1 Å². The van der Waals surface area contributed by atoms with Crippen LogP contribution in [-0.4, -0.2) is 19.5 Å². The standard InChI is InChI=1S/C16H15ClIN5/c1-10-21-14(9-23(10)2)12-5-3-11(4-6-12)7-19-15-13(18)8-20-16(17)22-15/h3-6,8-9H,7H2,1-2H3,(H,19,20,22). The number of nitrogens with one attached hydrogen (secondary N) is 1. The predicted molar refractivity (Wildman–Crippen MR) is 100 cm³/mol. The number of aromatic nitrogens is 4. The first-order valence-corrected chi connectivity index (χ1v) is 8.50. The first-order chi connectivity index (χ1) is 11.0. The Balaban J connectivity index is 1.71. The van der Waals surface area contributed by atoms with Crippen LogP contribution in [0.2, 0.25) is 5.28 Å². The number of halogens is 2. The van der Waals surface area contributed by atoms with Crippen LogP contribution in [0.4, 0.5) is 5.82 Å². The molecule has 0 amide bonds. The monoisotopic (exact) mass is 439 g/mol. The van der Waals surface area contributed by atoms with Crippen LogP contribution in [0.1, 0.15) is 11.4 Å². The minimum absolute atomic E-state index is 0.244. The SMILES string of the molecule is Cc1nc(-c2ccc(CNc3nc(Cl)ncc3I)cc2)cn1C. The highest BCUT2D eigenvalue weighted by molar-refractivity contribution is 14.1. The van der Waals surface area contributed by atoms with Crippen molar-refractivity contribution in [3.05, 3.63) is 56.9 Å². The molecule has 2 heterocycles. The summed E-state index contributed by atoms with van der Waals surface area (Å²) in [7, 11) is 2.00. The Hall–Kier alpha value is -1.67. The normalized spacial score (nSPS) is 10.8. The molecule has 5 nitrogen and oxygen atoms in total. The Bertz CT molecular complexity index is 809. The van der Waals surface area contributed by atoms with Crippen LogP contribution in [0, 0.1) is 10.5 Å². The summed E-state index contributed by atoms with van der Waals surface area (Å²) >= 11 is 8.01. The molecular formula is C16H15ClIN5. The Morgan fingerprint density at radius 1 is 1.22 bits per heavy atom. The van der Waals surface area contributed by atoms with Gasteiger partial charge in [-0.15, -0.1) is 0 Å². The van der Waals surface area contributed by atoms with Gasteiger partial charge >= 0.3 is 0 Å². The van der Waals surface area contributed by atoms with E-state index in [1.807, 2.05) is 24.7 Å². The van der Waals surface area contributed by atoms with Crippen LogP contribution in [-0.2, 0) is 13.6 Å². The summed E-state index contributed by atoms with van der Waals surface area (Å²) in [6.45, 7) is 2.67. The second-order valence-corrected chi connectivity index (χ2v) is 6.67. The number of anilines is 1. The summed E-state index contributed by atoms with van der Waals surface area (Å²) < 4.78 is 2.96. The highest BCUT2D eigenvalue weighted by Crippen LogP contribution is 2.20. The lowest BCUT2D eigenvalue weighted by Crippen LogP contribution is -2.04. The van der Waals surface area contributed by atoms with E-state index >= 15 is 0 Å². The summed E-state index contributed by atoms with van der Waals surface area (Å²) in [6, 6.07) is 8.33. The highest BCUT2D eigenvalue weighted by Gasteiger charge is 2.06. The van der Waals surface area contributed by atoms with Gasteiger partial charge in [-0.25, -0.2) is 9.97 Å². The van der Waals surface area contributed by atoms with Crippen molar-refractivity contribution in [1.82, 2.24) is 19.5 Å². The van der Waals surface area contributed by atoms with Gasteiger partial charge in [-0.2, -0.15) is 4.98 Å². The smallest absolute Gasteiger partial charge is 0.224 e. The van der Waals surface area contributed by atoms with Crippen molar-refractivity contribution in [3.63, 3.8) is 0 Å². The van der Waals surface area contributed by atoms with Gasteiger partial charge in [0.25, 0.3) is 0 Å². The van der Waals surface area contributed by atoms with Gasteiger partial charge < -0.3 is 9.88 Å². The van der Waals surface area contributed by atoms with E-state index in [4.69, 9.17) is 11.6 Å². The van der Waals surface area contributed by atoms with Crippen molar-refractivity contribution in [3.8, 4) is 11.3 Å². The fourth-order valence-corrected chi connectivity index (χ4v) is 2.73. The number of rotatable bonds is 4. The Morgan fingerprint density at radius 2 is 1.96 bits per heavy atom. The van der Waals surface area contributed by atoms with E-state index in [0.717, 1.165) is 32.0 Å². The molecule has 0 atom stereocenters. The zero-order valence-electron chi connectivity index (χ0n) is 12.7. The fraction of sp³-hybridized carbons (Fsp3) is 0.188. The number of nitrogens with zero attached hydrogens (tertiary/aromatic N) is 4. The first-order valence-electron chi connectivity index (χ1n) is 7.04. The van der Waals surface area contributed by atoms with E-state index in [1.54, 1.807) is 6.20 Å². The van der Waals surface area contributed by atoms with Gasteiger partial charge in [-0.05, 0) is 46.7 Å². The number of hydrogen-bond donors (Lipinski definition) is 1. The Kier molecular flexibility index (Phi) is 4.82. The maximum absolute atomic E-state index is 5.83. The molecule has 0 saturated carbocycles. The molecule has 1 N–H and O–H groups in total. The molecule has 0 bridgehead atoms. The Morgan fingerprint density at radius 3 is 2.61 bits per heavy atom. The second-order valence-electron chi connectivity index (χ2n) is 5.17. The van der Waals surface area contributed by atoms with Gasteiger partial charge in [0.05, 0.1) is 9.26 Å². The summed E-state index contributed by atoms with van der Waals surface area (Å²) in [6.07, 6.45) is 3.73. The zero-order valence-corrected chi connectivity index (χ0v) is 15.6. The molecule has 3 aromatic rings. The van der Waals surface area contributed by atoms with Gasteiger partial charge in [0.2, 0.25) is 5.28 Å². The molecule has 0 spiro atoms. The third-order valence-electron chi connectivity index (χ3n) is 3.53. The largest absolute Gasteiger partial charge is 0.365 e. The number of aryl methyl sites for hydroxylation is 2. The molecule has 0 aliphatic rings. The van der Waals surface area contributed by atoms with Gasteiger partial charge in [0.15, 0.2) is 0 Å². The van der Waals surface area contributed by atoms with Gasteiger partial charge in [0.1, 0.15) is 11.6 Å². The average molecular weight is 440 g/mol. The minimum Gasteiger partial charge on any atom is -0.365 e. The number of hydrogen-bond acceptors (Lipinski definition) is 4. The quantitative estimate of drug-likeness (QED) is 0.492. The molecule has 2 aromatic heterocycles. The van der Waals surface area contributed by atoms with Crippen LogP contribution < -0.4 is 5.32 Å². The summed E-state index contributed by atoms with van der Waals surface area (Å²) in [5.41, 5.74) is 3.26. The van der Waals surface area contributed by atoms with Crippen molar-refractivity contribution >= 4 is 40.0 Å². The van der Waals surface area contributed by atoms with Crippen molar-refractivity contribution in [2.45, 2.75) is 13.5 Å². The van der Waals surface area contributed by atoms with E-state index in [1.165, 1.54) is 0 Å². The van der Waals surface area contributed by atoms with E-state index in [9.17, 15) is 0 Å².